The van der Waals surface area contributed by atoms with Crippen molar-refractivity contribution in [1.29, 1.82) is 0 Å². The number of alkyl halides is 6. The fraction of sp³-hybridized carbons (Fsp3) is 0.417. The molecule has 0 aromatic heterocycles. The number of hydrogen-bond acceptors (Lipinski definition) is 3. The van der Waals surface area contributed by atoms with Gasteiger partial charge in [0.1, 0.15) is 0 Å². The van der Waals surface area contributed by atoms with Crippen LogP contribution in [0.2, 0.25) is 0 Å². The number of benzene rings is 2. The van der Waals surface area contributed by atoms with Crippen LogP contribution in [0, 0.1) is 13.8 Å². The van der Waals surface area contributed by atoms with Crippen LogP contribution < -0.4 is 9.80 Å². The quantitative estimate of drug-likeness (QED) is 0.437. The number of anilines is 2. The van der Waals surface area contributed by atoms with Crippen molar-refractivity contribution >= 4 is 23.4 Å². The number of fused-ring (bicyclic) bond motifs is 1. The SMILES string of the molecule is CCOC(=O)N1c2cc(C)c(C)cc2N(C(=O)c2cc(C(F)(F)F)cc(C(F)(F)F)c2)C[C@@H]1CC. The predicted octanol–water partition coefficient (Wildman–Crippen LogP) is 6.74. The number of rotatable bonds is 3. The summed E-state index contributed by atoms with van der Waals surface area (Å²) in [5.41, 5.74) is -1.92. The third-order valence-electron chi connectivity index (χ3n) is 5.92. The molecular weight excluding hydrogens is 478 g/mol. The van der Waals surface area contributed by atoms with Crippen LogP contribution in [0.1, 0.15) is 52.9 Å². The zero-order chi connectivity index (χ0) is 26.3. The molecule has 1 aliphatic heterocycles. The maximum Gasteiger partial charge on any atom is 0.416 e. The molecule has 0 saturated heterocycles. The van der Waals surface area contributed by atoms with Crippen molar-refractivity contribution in [2.45, 2.75) is 52.5 Å². The van der Waals surface area contributed by atoms with Crippen molar-refractivity contribution in [1.82, 2.24) is 0 Å². The Bertz CT molecular complexity index is 1110. The maximum absolute atomic E-state index is 13.4. The van der Waals surface area contributed by atoms with E-state index in [1.807, 2.05) is 0 Å². The Balaban J connectivity index is 2.19. The average Bonchev–Trinajstić information content (AvgIpc) is 2.77. The second-order valence-corrected chi connectivity index (χ2v) is 8.27. The van der Waals surface area contributed by atoms with Gasteiger partial charge in [-0.25, -0.2) is 4.79 Å². The van der Waals surface area contributed by atoms with E-state index in [-0.39, 0.29) is 24.9 Å². The monoisotopic (exact) mass is 502 g/mol. The van der Waals surface area contributed by atoms with Crippen LogP contribution in [0.25, 0.3) is 0 Å². The van der Waals surface area contributed by atoms with E-state index in [1.54, 1.807) is 39.8 Å². The van der Waals surface area contributed by atoms with Gasteiger partial charge < -0.3 is 9.64 Å². The van der Waals surface area contributed by atoms with Crippen LogP contribution in [0.5, 0.6) is 0 Å². The first kappa shape index (κ1) is 26.4. The Hall–Kier alpha value is -3.24. The standard InChI is InChI=1S/C24H24F6N2O3/c1-5-18-12-31(19-7-13(3)14(4)8-20(19)32(18)22(34)35-6-2)21(33)15-9-16(23(25,26)27)11-17(10-15)24(28,29)30/h7-11,18H,5-6,12H2,1-4H3/t18-/m0/s1. The number of ether oxygens (including phenoxy) is 1. The van der Waals surface area contributed by atoms with Crippen molar-refractivity contribution in [3.05, 3.63) is 58.1 Å². The van der Waals surface area contributed by atoms with E-state index < -0.39 is 47.1 Å². The summed E-state index contributed by atoms with van der Waals surface area (Å²) < 4.78 is 85.3. The topological polar surface area (TPSA) is 49.9 Å². The van der Waals surface area contributed by atoms with E-state index >= 15 is 0 Å². The molecule has 2 amide bonds. The molecule has 2 aromatic carbocycles. The number of halogens is 6. The van der Waals surface area contributed by atoms with Gasteiger partial charge in [-0.1, -0.05) is 6.92 Å². The number of hydrogen-bond donors (Lipinski definition) is 0. The molecule has 11 heteroatoms. The van der Waals surface area contributed by atoms with Crippen LogP contribution in [0.15, 0.2) is 30.3 Å². The highest BCUT2D eigenvalue weighted by Crippen LogP contribution is 2.41. The fourth-order valence-corrected chi connectivity index (χ4v) is 3.96. The molecule has 35 heavy (non-hydrogen) atoms. The van der Waals surface area contributed by atoms with Crippen molar-refractivity contribution in [3.63, 3.8) is 0 Å². The molecule has 0 N–H and O–H groups in total. The number of aryl methyl sites for hydroxylation is 2. The summed E-state index contributed by atoms with van der Waals surface area (Å²) in [6.07, 6.45) is -10.5. The molecule has 5 nitrogen and oxygen atoms in total. The lowest BCUT2D eigenvalue weighted by molar-refractivity contribution is -0.143. The van der Waals surface area contributed by atoms with Gasteiger partial charge in [-0.15, -0.1) is 0 Å². The zero-order valence-corrected chi connectivity index (χ0v) is 19.5. The van der Waals surface area contributed by atoms with Gasteiger partial charge in [0, 0.05) is 12.1 Å². The molecule has 0 radical (unpaired) electrons. The Labute approximate surface area is 198 Å². The Morgan fingerprint density at radius 2 is 1.40 bits per heavy atom. The zero-order valence-electron chi connectivity index (χ0n) is 19.5. The lowest BCUT2D eigenvalue weighted by Gasteiger charge is -2.42. The minimum Gasteiger partial charge on any atom is -0.449 e. The van der Waals surface area contributed by atoms with Crippen molar-refractivity contribution in [3.8, 4) is 0 Å². The fourth-order valence-electron chi connectivity index (χ4n) is 3.96. The first-order chi connectivity index (χ1) is 16.2. The highest BCUT2D eigenvalue weighted by atomic mass is 19.4. The summed E-state index contributed by atoms with van der Waals surface area (Å²) in [5.74, 6) is -1.03. The van der Waals surface area contributed by atoms with Crippen LogP contribution in [-0.4, -0.2) is 31.2 Å². The third-order valence-corrected chi connectivity index (χ3v) is 5.92. The predicted molar refractivity (Wildman–Crippen MR) is 118 cm³/mol. The van der Waals surface area contributed by atoms with Crippen LogP contribution in [0.4, 0.5) is 42.5 Å². The molecule has 3 rings (SSSR count). The number of carbonyl (C=O) groups is 2. The molecule has 0 saturated carbocycles. The molecule has 2 aromatic rings. The molecule has 1 atom stereocenters. The molecule has 1 aliphatic rings. The summed E-state index contributed by atoms with van der Waals surface area (Å²) >= 11 is 0. The highest BCUT2D eigenvalue weighted by Gasteiger charge is 2.41. The van der Waals surface area contributed by atoms with Crippen LogP contribution in [0.3, 0.4) is 0 Å². The van der Waals surface area contributed by atoms with Gasteiger partial charge in [0.25, 0.3) is 5.91 Å². The summed E-state index contributed by atoms with van der Waals surface area (Å²) in [4.78, 5) is 28.7. The van der Waals surface area contributed by atoms with E-state index in [9.17, 15) is 35.9 Å². The van der Waals surface area contributed by atoms with E-state index in [0.29, 0.717) is 24.2 Å². The molecule has 190 valence electrons. The molecule has 0 unspecified atom stereocenters. The molecule has 0 bridgehead atoms. The Morgan fingerprint density at radius 3 is 1.86 bits per heavy atom. The molecular formula is C24H24F6N2O3. The number of nitrogens with zero attached hydrogens (tertiary/aromatic N) is 2. The molecule has 0 spiro atoms. The lowest BCUT2D eigenvalue weighted by Crippen LogP contribution is -2.53. The number of carbonyl (C=O) groups excluding carboxylic acids is 2. The molecule has 0 fully saturated rings. The summed E-state index contributed by atoms with van der Waals surface area (Å²) in [5, 5.41) is 0. The molecule has 0 aliphatic carbocycles. The van der Waals surface area contributed by atoms with Gasteiger partial charge in [0.2, 0.25) is 0 Å². The molecule has 1 heterocycles. The summed E-state index contributed by atoms with van der Waals surface area (Å²) in [7, 11) is 0. The van der Waals surface area contributed by atoms with Crippen molar-refractivity contribution in [2.75, 3.05) is 23.0 Å². The third kappa shape index (κ3) is 5.23. The van der Waals surface area contributed by atoms with Gasteiger partial charge in [0.05, 0.1) is 35.2 Å². The minimum absolute atomic E-state index is 0.0220. The Kier molecular flexibility index (Phi) is 7.10. The largest absolute Gasteiger partial charge is 0.449 e. The van der Waals surface area contributed by atoms with Crippen molar-refractivity contribution in [2.24, 2.45) is 0 Å². The van der Waals surface area contributed by atoms with Crippen LogP contribution >= 0.6 is 0 Å². The first-order valence-electron chi connectivity index (χ1n) is 10.9. The smallest absolute Gasteiger partial charge is 0.416 e. The average molecular weight is 502 g/mol. The van der Waals surface area contributed by atoms with E-state index in [2.05, 4.69) is 0 Å². The van der Waals surface area contributed by atoms with Crippen molar-refractivity contribution < 1.29 is 40.7 Å². The van der Waals surface area contributed by atoms with E-state index in [1.165, 1.54) is 4.90 Å². The first-order valence-corrected chi connectivity index (χ1v) is 10.9. The normalized spacial score (nSPS) is 16.2. The summed E-state index contributed by atoms with van der Waals surface area (Å²) in [6.45, 7) is 6.86. The van der Waals surface area contributed by atoms with E-state index in [4.69, 9.17) is 4.74 Å². The number of amides is 2. The highest BCUT2D eigenvalue weighted by molar-refractivity contribution is 6.10. The van der Waals surface area contributed by atoms with Gasteiger partial charge in [-0.05, 0) is 68.7 Å². The van der Waals surface area contributed by atoms with Gasteiger partial charge in [-0.3, -0.25) is 9.69 Å². The van der Waals surface area contributed by atoms with Gasteiger partial charge >= 0.3 is 18.4 Å². The second-order valence-electron chi connectivity index (χ2n) is 8.27. The minimum atomic E-state index is -5.09. The van der Waals surface area contributed by atoms with Gasteiger partial charge in [0.15, 0.2) is 0 Å². The maximum atomic E-state index is 13.4. The van der Waals surface area contributed by atoms with Gasteiger partial charge in [-0.2, -0.15) is 26.3 Å². The second kappa shape index (κ2) is 9.43. The summed E-state index contributed by atoms with van der Waals surface area (Å²) in [6, 6.07) is 3.43. The van der Waals surface area contributed by atoms with E-state index in [0.717, 1.165) is 16.0 Å². The van der Waals surface area contributed by atoms with Crippen LogP contribution in [-0.2, 0) is 17.1 Å². The lowest BCUT2D eigenvalue weighted by atomic mass is 9.98. The Morgan fingerprint density at radius 1 is 0.886 bits per heavy atom.